The number of amides is 2. The average molecular weight is 381 g/mol. The van der Waals surface area contributed by atoms with Gasteiger partial charge in [-0.3, -0.25) is 9.59 Å². The zero-order valence-corrected chi connectivity index (χ0v) is 15.3. The van der Waals surface area contributed by atoms with E-state index >= 15 is 0 Å². The number of ether oxygens (including phenoxy) is 1. The van der Waals surface area contributed by atoms with Crippen molar-refractivity contribution in [2.75, 3.05) is 11.9 Å². The van der Waals surface area contributed by atoms with Crippen LogP contribution in [0.15, 0.2) is 42.5 Å². The lowest BCUT2D eigenvalue weighted by molar-refractivity contribution is -0.123. The Bertz CT molecular complexity index is 781. The van der Waals surface area contributed by atoms with Crippen LogP contribution in [0.5, 0.6) is 5.75 Å². The molecular formula is C18H18Cl2N2O3. The third kappa shape index (κ3) is 5.66. The molecule has 2 N–H and O–H groups in total. The first-order valence-electron chi connectivity index (χ1n) is 7.60. The lowest BCUT2D eigenvalue weighted by Crippen LogP contribution is -2.31. The van der Waals surface area contributed by atoms with E-state index in [4.69, 9.17) is 27.9 Å². The Hall–Kier alpha value is -2.24. The van der Waals surface area contributed by atoms with Crippen molar-refractivity contribution in [1.29, 1.82) is 0 Å². The third-order valence-electron chi connectivity index (χ3n) is 3.38. The maximum atomic E-state index is 12.1. The quantitative estimate of drug-likeness (QED) is 0.788. The normalized spacial score (nSPS) is 11.5. The standard InChI is InChI=1S/C18H18Cl2N2O3/c1-11(13-7-8-14(19)15(20)9-13)21-18(24)10-25-17-6-4-3-5-16(17)22-12(2)23/h3-9,11H,10H2,1-2H3,(H,21,24)(H,22,23)/t11-/m0/s1. The van der Waals surface area contributed by atoms with Gasteiger partial charge in [0.2, 0.25) is 5.91 Å². The lowest BCUT2D eigenvalue weighted by Gasteiger charge is -2.16. The van der Waals surface area contributed by atoms with Gasteiger partial charge in [0.05, 0.1) is 21.8 Å². The largest absolute Gasteiger partial charge is 0.482 e. The number of nitrogens with one attached hydrogen (secondary N) is 2. The van der Waals surface area contributed by atoms with Crippen LogP contribution in [0, 0.1) is 0 Å². The maximum absolute atomic E-state index is 12.1. The molecule has 2 aromatic carbocycles. The van der Waals surface area contributed by atoms with Crippen molar-refractivity contribution in [3.8, 4) is 5.75 Å². The fourth-order valence-corrected chi connectivity index (χ4v) is 2.48. The molecule has 0 bridgehead atoms. The Morgan fingerprint density at radius 1 is 1.12 bits per heavy atom. The number of hydrogen-bond donors (Lipinski definition) is 2. The number of para-hydroxylation sites is 2. The molecule has 0 spiro atoms. The number of benzene rings is 2. The minimum atomic E-state index is -0.295. The molecule has 0 aliphatic heterocycles. The van der Waals surface area contributed by atoms with E-state index in [0.29, 0.717) is 21.5 Å². The van der Waals surface area contributed by atoms with Crippen LogP contribution < -0.4 is 15.4 Å². The van der Waals surface area contributed by atoms with Crippen molar-refractivity contribution in [3.63, 3.8) is 0 Å². The Morgan fingerprint density at radius 2 is 1.84 bits per heavy atom. The third-order valence-corrected chi connectivity index (χ3v) is 4.12. The minimum absolute atomic E-state index is 0.178. The minimum Gasteiger partial charge on any atom is -0.482 e. The summed E-state index contributed by atoms with van der Waals surface area (Å²) in [5.74, 6) is -0.0834. The van der Waals surface area contributed by atoms with Gasteiger partial charge in [0.1, 0.15) is 5.75 Å². The van der Waals surface area contributed by atoms with Crippen molar-refractivity contribution in [2.45, 2.75) is 19.9 Å². The van der Waals surface area contributed by atoms with Gasteiger partial charge in [-0.25, -0.2) is 0 Å². The topological polar surface area (TPSA) is 67.4 Å². The van der Waals surface area contributed by atoms with Crippen LogP contribution in [-0.2, 0) is 9.59 Å². The second-order valence-corrected chi connectivity index (χ2v) is 6.24. The number of hydrogen-bond acceptors (Lipinski definition) is 3. The number of carbonyl (C=O) groups is 2. The molecule has 2 aromatic rings. The zero-order chi connectivity index (χ0) is 18.4. The van der Waals surface area contributed by atoms with E-state index in [1.54, 1.807) is 42.5 Å². The Labute approximate surface area is 156 Å². The van der Waals surface area contributed by atoms with E-state index in [9.17, 15) is 9.59 Å². The van der Waals surface area contributed by atoms with Crippen molar-refractivity contribution >= 4 is 40.7 Å². The van der Waals surface area contributed by atoms with Gasteiger partial charge >= 0.3 is 0 Å². The van der Waals surface area contributed by atoms with Gasteiger partial charge in [-0.15, -0.1) is 0 Å². The predicted octanol–water partition coefficient (Wildman–Crippen LogP) is 4.21. The second-order valence-electron chi connectivity index (χ2n) is 5.43. The molecule has 0 fully saturated rings. The van der Waals surface area contributed by atoms with Gasteiger partial charge in [0.25, 0.3) is 5.91 Å². The molecule has 132 valence electrons. The highest BCUT2D eigenvalue weighted by Crippen LogP contribution is 2.26. The number of carbonyl (C=O) groups excluding carboxylic acids is 2. The van der Waals surface area contributed by atoms with E-state index in [1.165, 1.54) is 6.92 Å². The summed E-state index contributed by atoms with van der Waals surface area (Å²) in [5.41, 5.74) is 1.35. The molecule has 5 nitrogen and oxygen atoms in total. The Kier molecular flexibility index (Phi) is 6.67. The van der Waals surface area contributed by atoms with Crippen LogP contribution in [0.1, 0.15) is 25.5 Å². The smallest absolute Gasteiger partial charge is 0.258 e. The first-order chi connectivity index (χ1) is 11.9. The summed E-state index contributed by atoms with van der Waals surface area (Å²) in [7, 11) is 0. The van der Waals surface area contributed by atoms with Crippen LogP contribution in [0.2, 0.25) is 10.0 Å². The molecule has 2 amide bonds. The summed E-state index contributed by atoms with van der Waals surface area (Å²) in [4.78, 5) is 23.3. The van der Waals surface area contributed by atoms with E-state index < -0.39 is 0 Å². The van der Waals surface area contributed by atoms with E-state index in [0.717, 1.165) is 5.56 Å². The predicted molar refractivity (Wildman–Crippen MR) is 99.3 cm³/mol. The van der Waals surface area contributed by atoms with Gasteiger partial charge in [-0.05, 0) is 36.8 Å². The highest BCUT2D eigenvalue weighted by molar-refractivity contribution is 6.42. The van der Waals surface area contributed by atoms with Gasteiger partial charge in [0.15, 0.2) is 6.61 Å². The van der Waals surface area contributed by atoms with Crippen LogP contribution in [-0.4, -0.2) is 18.4 Å². The second kappa shape index (κ2) is 8.74. The van der Waals surface area contributed by atoms with Crippen molar-refractivity contribution in [3.05, 3.63) is 58.1 Å². The van der Waals surface area contributed by atoms with Crippen LogP contribution in [0.3, 0.4) is 0 Å². The fraction of sp³-hybridized carbons (Fsp3) is 0.222. The van der Waals surface area contributed by atoms with Crippen LogP contribution in [0.4, 0.5) is 5.69 Å². The number of halogens is 2. The lowest BCUT2D eigenvalue weighted by atomic mass is 10.1. The summed E-state index contributed by atoms with van der Waals surface area (Å²) in [6.45, 7) is 3.06. The molecule has 0 aliphatic rings. The molecule has 0 aliphatic carbocycles. The van der Waals surface area contributed by atoms with Gasteiger partial charge in [0, 0.05) is 6.92 Å². The molecule has 0 heterocycles. The maximum Gasteiger partial charge on any atom is 0.258 e. The highest BCUT2D eigenvalue weighted by atomic mass is 35.5. The summed E-state index contributed by atoms with van der Waals surface area (Å²) < 4.78 is 5.51. The van der Waals surface area contributed by atoms with Crippen molar-refractivity contribution < 1.29 is 14.3 Å². The monoisotopic (exact) mass is 380 g/mol. The summed E-state index contributed by atoms with van der Waals surface area (Å²) in [5, 5.41) is 6.36. The van der Waals surface area contributed by atoms with Crippen molar-refractivity contribution in [1.82, 2.24) is 5.32 Å². The highest BCUT2D eigenvalue weighted by Gasteiger charge is 2.12. The van der Waals surface area contributed by atoms with Gasteiger partial charge in [-0.2, -0.15) is 0 Å². The summed E-state index contributed by atoms with van der Waals surface area (Å²) in [6.07, 6.45) is 0. The fourth-order valence-electron chi connectivity index (χ4n) is 2.18. The molecule has 0 unspecified atom stereocenters. The Balaban J connectivity index is 1.94. The van der Waals surface area contributed by atoms with Gasteiger partial charge < -0.3 is 15.4 Å². The molecule has 0 aromatic heterocycles. The zero-order valence-electron chi connectivity index (χ0n) is 13.8. The summed E-state index contributed by atoms with van der Waals surface area (Å²) >= 11 is 11.9. The molecule has 0 radical (unpaired) electrons. The van der Waals surface area contributed by atoms with E-state index in [2.05, 4.69) is 10.6 Å². The SMILES string of the molecule is CC(=O)Nc1ccccc1OCC(=O)N[C@@H](C)c1ccc(Cl)c(Cl)c1. The number of anilines is 1. The van der Waals surface area contributed by atoms with Crippen LogP contribution >= 0.6 is 23.2 Å². The van der Waals surface area contributed by atoms with E-state index in [1.807, 2.05) is 6.92 Å². The number of rotatable bonds is 6. The molecular weight excluding hydrogens is 363 g/mol. The van der Waals surface area contributed by atoms with Crippen molar-refractivity contribution in [2.24, 2.45) is 0 Å². The Morgan fingerprint density at radius 3 is 2.52 bits per heavy atom. The molecule has 2 rings (SSSR count). The van der Waals surface area contributed by atoms with E-state index in [-0.39, 0.29) is 24.5 Å². The molecule has 25 heavy (non-hydrogen) atoms. The molecule has 0 saturated carbocycles. The van der Waals surface area contributed by atoms with Gasteiger partial charge in [-0.1, -0.05) is 41.4 Å². The molecule has 1 atom stereocenters. The average Bonchev–Trinajstić information content (AvgIpc) is 2.56. The van der Waals surface area contributed by atoms with Crippen LogP contribution in [0.25, 0.3) is 0 Å². The summed E-state index contributed by atoms with van der Waals surface area (Å²) in [6, 6.07) is 11.8. The molecule has 7 heteroatoms. The molecule has 0 saturated heterocycles. The first kappa shape index (κ1) is 19.1. The first-order valence-corrected chi connectivity index (χ1v) is 8.36.